The number of aliphatic hydroxyl groups is 5. The quantitative estimate of drug-likeness (QED) is 0.0218. The molecule has 19 nitrogen and oxygen atoms in total. The number of phenolic OH excluding ortho intramolecular Hbond substituents is 1. The Kier molecular flexibility index (Phi) is 12.2. The number of rotatable bonds is 16. The van der Waals surface area contributed by atoms with E-state index in [1.807, 2.05) is 32.0 Å². The van der Waals surface area contributed by atoms with E-state index in [1.165, 1.54) is 53.5 Å². The van der Waals surface area contributed by atoms with Crippen LogP contribution in [0.4, 0.5) is 0 Å². The zero-order chi connectivity index (χ0) is 44.5. The fraction of sp³-hybridized carbons (Fsp3) is 0.302. The van der Waals surface area contributed by atoms with Gasteiger partial charge in [-0.1, -0.05) is 29.3 Å². The molecule has 0 bridgehead atoms. The number of hydrogen-bond acceptors (Lipinski definition) is 16. The molecule has 62 heavy (non-hydrogen) atoms. The number of aromatic amines is 1. The molecule has 0 saturated carbocycles. The lowest BCUT2D eigenvalue weighted by Crippen LogP contribution is -2.76. The lowest BCUT2D eigenvalue weighted by molar-refractivity contribution is -0.379. The fourth-order valence-electron chi connectivity index (χ4n) is 7.43. The van der Waals surface area contributed by atoms with E-state index in [1.54, 1.807) is 18.5 Å². The van der Waals surface area contributed by atoms with Crippen LogP contribution in [0.25, 0.3) is 44.3 Å². The summed E-state index contributed by atoms with van der Waals surface area (Å²) in [5, 5.41) is 79.6. The largest absolute Gasteiger partial charge is 0.508 e. The van der Waals surface area contributed by atoms with Crippen molar-refractivity contribution in [3.8, 4) is 33.9 Å². The fourth-order valence-corrected chi connectivity index (χ4v) is 7.43. The molecule has 19 heteroatoms. The summed E-state index contributed by atoms with van der Waals surface area (Å²) < 4.78 is 24.4. The number of ether oxygens (including phenoxy) is 3. The Balaban J connectivity index is 1.31. The summed E-state index contributed by atoms with van der Waals surface area (Å²) >= 11 is 0. The molecule has 0 aliphatic carbocycles. The van der Waals surface area contributed by atoms with Crippen LogP contribution in [0.1, 0.15) is 17.5 Å². The molecular formula is C43H43N3O16. The molecule has 3 aromatic carbocycles. The number of phenols is 1. The van der Waals surface area contributed by atoms with Crippen LogP contribution in [0, 0.1) is 13.8 Å². The number of hydrogen-bond donors (Lipinski definition) is 9. The summed E-state index contributed by atoms with van der Waals surface area (Å²) in [6, 6.07) is 15.1. The number of benzene rings is 3. The average molecular weight is 858 g/mol. The number of esters is 1. The maximum Gasteiger partial charge on any atom is 0.337 e. The zero-order valence-electron chi connectivity index (χ0n) is 33.1. The zero-order valence-corrected chi connectivity index (χ0v) is 33.1. The van der Waals surface area contributed by atoms with Gasteiger partial charge in [0.2, 0.25) is 18.4 Å². The van der Waals surface area contributed by atoms with Crippen molar-refractivity contribution in [3.63, 3.8) is 0 Å². The predicted molar refractivity (Wildman–Crippen MR) is 217 cm³/mol. The van der Waals surface area contributed by atoms with Crippen LogP contribution in [0.5, 0.6) is 11.5 Å². The van der Waals surface area contributed by atoms with Crippen molar-refractivity contribution < 1.29 is 73.6 Å². The molecule has 7 atom stereocenters. The van der Waals surface area contributed by atoms with E-state index in [-0.39, 0.29) is 41.0 Å². The van der Waals surface area contributed by atoms with Gasteiger partial charge in [0.25, 0.3) is 5.79 Å². The Hall–Kier alpha value is -6.58. The number of aromatic hydroxyl groups is 1. The van der Waals surface area contributed by atoms with E-state index in [0.29, 0.717) is 34.0 Å². The number of nitrogens with one attached hydrogen (secondary N) is 2. The first-order valence-electron chi connectivity index (χ1n) is 19.2. The summed E-state index contributed by atoms with van der Waals surface area (Å²) in [5.74, 6) is -6.92. The number of fused-ring (bicyclic) bond motifs is 2. The topological polar surface area (TPSA) is 293 Å². The molecule has 0 spiro atoms. The molecule has 3 aromatic heterocycles. The third-order valence-electron chi connectivity index (χ3n) is 10.5. The number of aliphatic carboxylic acids is 1. The number of carbonyl (C=O) groups excluding carboxylic acids is 2. The second-order valence-electron chi connectivity index (χ2n) is 14.9. The standard InChI is InChI=1S/C43H43N3O16/c1-22-14-23(2)16-26(15-22)34-32-25(10-12-45-32)18-46(34)62-38-41(59-28-8-9-29-31(17-28)58-19-30(35(29)51)24-4-6-27(50)7-5-24)60-37(36(52)42(38,56)20-48)43(57,21-49)61-40(55)33(39(53)54)44-11-3-13-47/h4-10,12-19,33,36-38,41,44-45,48-50,52,56-57H,3,11,20-21H2,1-2H3,(H,53,54). The summed E-state index contributed by atoms with van der Waals surface area (Å²) in [7, 11) is 0. The predicted octanol–water partition coefficient (Wildman–Crippen LogP) is 1.27. The highest BCUT2D eigenvalue weighted by molar-refractivity contribution is 5.98. The maximum absolute atomic E-state index is 13.6. The van der Waals surface area contributed by atoms with Crippen LogP contribution < -0.4 is 20.3 Å². The lowest BCUT2D eigenvalue weighted by atomic mass is 9.81. The Morgan fingerprint density at radius 3 is 2.44 bits per heavy atom. The van der Waals surface area contributed by atoms with Gasteiger partial charge in [-0.25, -0.2) is 9.59 Å². The minimum atomic E-state index is -3.33. The van der Waals surface area contributed by atoms with Crippen molar-refractivity contribution in [2.24, 2.45) is 0 Å². The van der Waals surface area contributed by atoms with E-state index in [2.05, 4.69) is 10.3 Å². The number of carboxylic acid groups (broad SMARTS) is 1. The van der Waals surface area contributed by atoms with Crippen molar-refractivity contribution >= 4 is 40.1 Å². The molecule has 4 heterocycles. The number of aromatic nitrogens is 2. The SMILES string of the molecule is Cc1cc(C)cc(-c2c3[nH]ccc3cn2OC2C(Oc3ccc4c(=O)c(-c5ccc(O)cc5)coc4c3)OC(C(O)(CO)OC(=O)C(NCCC=O)C(=O)O)C(O)C2(O)CO)c1. The highest BCUT2D eigenvalue weighted by atomic mass is 16.8. The molecule has 1 saturated heterocycles. The number of carbonyl (C=O) groups is 3. The first-order valence-corrected chi connectivity index (χ1v) is 19.2. The molecule has 6 aromatic rings. The number of aryl methyl sites for hydroxylation is 2. The molecule has 0 radical (unpaired) electrons. The number of H-pyrrole nitrogens is 1. The lowest BCUT2D eigenvalue weighted by Gasteiger charge is -2.51. The van der Waals surface area contributed by atoms with Gasteiger partial charge in [0.05, 0.1) is 29.3 Å². The number of aldehydes is 1. The second kappa shape index (κ2) is 17.4. The van der Waals surface area contributed by atoms with Gasteiger partial charge in [-0.15, -0.1) is 0 Å². The Bertz CT molecular complexity index is 2650. The summed E-state index contributed by atoms with van der Waals surface area (Å²) in [5.41, 5.74) is 0.822. The monoisotopic (exact) mass is 857 g/mol. The molecule has 326 valence electrons. The number of carboxylic acids is 1. The van der Waals surface area contributed by atoms with Crippen molar-refractivity contribution in [3.05, 3.63) is 107 Å². The molecular weight excluding hydrogens is 814 g/mol. The molecule has 1 aliphatic heterocycles. The van der Waals surface area contributed by atoms with Crippen molar-refractivity contribution in [2.45, 2.75) is 62.3 Å². The van der Waals surface area contributed by atoms with Gasteiger partial charge >= 0.3 is 11.9 Å². The first kappa shape index (κ1) is 43.5. The normalized spacial score (nSPS) is 21.6. The van der Waals surface area contributed by atoms with Crippen molar-refractivity contribution in [2.75, 3.05) is 19.8 Å². The number of aliphatic hydroxyl groups excluding tert-OH is 3. The van der Waals surface area contributed by atoms with Gasteiger partial charge < -0.3 is 69.0 Å². The van der Waals surface area contributed by atoms with Gasteiger partial charge in [0.15, 0.2) is 17.1 Å². The molecule has 7 unspecified atom stereocenters. The van der Waals surface area contributed by atoms with Gasteiger partial charge in [-0.2, -0.15) is 4.73 Å². The van der Waals surface area contributed by atoms with Gasteiger partial charge in [0.1, 0.15) is 48.0 Å². The maximum atomic E-state index is 13.6. The highest BCUT2D eigenvalue weighted by Gasteiger charge is 2.64. The van der Waals surface area contributed by atoms with Crippen LogP contribution in [-0.4, -0.2) is 125 Å². The van der Waals surface area contributed by atoms with Crippen LogP contribution in [0.2, 0.25) is 0 Å². The van der Waals surface area contributed by atoms with Gasteiger partial charge in [-0.05, 0) is 61.9 Å². The minimum Gasteiger partial charge on any atom is -0.508 e. The summed E-state index contributed by atoms with van der Waals surface area (Å²) in [4.78, 5) is 59.1. The van der Waals surface area contributed by atoms with E-state index in [0.717, 1.165) is 11.1 Å². The van der Waals surface area contributed by atoms with E-state index in [9.17, 15) is 54.9 Å². The third-order valence-corrected chi connectivity index (χ3v) is 10.5. The smallest absolute Gasteiger partial charge is 0.337 e. The summed E-state index contributed by atoms with van der Waals surface area (Å²) in [6.07, 6.45) is -4.12. The van der Waals surface area contributed by atoms with Crippen LogP contribution in [-0.2, 0) is 23.9 Å². The summed E-state index contributed by atoms with van der Waals surface area (Å²) in [6.45, 7) is 0.613. The average Bonchev–Trinajstić information content (AvgIpc) is 3.83. The molecule has 0 amide bonds. The third kappa shape index (κ3) is 8.25. The van der Waals surface area contributed by atoms with Crippen molar-refractivity contribution in [1.29, 1.82) is 0 Å². The number of nitrogens with zero attached hydrogens (tertiary/aromatic N) is 1. The van der Waals surface area contributed by atoms with Crippen molar-refractivity contribution in [1.82, 2.24) is 15.0 Å². The molecule has 7 rings (SSSR count). The van der Waals surface area contributed by atoms with E-state index >= 15 is 0 Å². The van der Waals surface area contributed by atoms with Crippen LogP contribution in [0.15, 0.2) is 94.6 Å². The molecule has 1 fully saturated rings. The van der Waals surface area contributed by atoms with Gasteiger partial charge in [0, 0.05) is 36.2 Å². The van der Waals surface area contributed by atoms with Crippen LogP contribution >= 0.6 is 0 Å². The molecule has 1 aliphatic rings. The van der Waals surface area contributed by atoms with Crippen LogP contribution in [0.3, 0.4) is 0 Å². The minimum absolute atomic E-state index is 0.00482. The van der Waals surface area contributed by atoms with E-state index in [4.69, 9.17) is 23.5 Å². The Morgan fingerprint density at radius 1 is 1.05 bits per heavy atom. The van der Waals surface area contributed by atoms with E-state index < -0.39 is 72.6 Å². The Morgan fingerprint density at radius 2 is 1.77 bits per heavy atom. The highest BCUT2D eigenvalue weighted by Crippen LogP contribution is 2.39. The first-order chi connectivity index (χ1) is 29.6. The molecule has 9 N–H and O–H groups in total. The van der Waals surface area contributed by atoms with Gasteiger partial charge in [-0.3, -0.25) is 10.1 Å². The Labute approximate surface area is 350 Å². The second-order valence-corrected chi connectivity index (χ2v) is 14.9.